The number of nitrogens with zero attached hydrogens (tertiary/aromatic N) is 1. The molecular weight excluding hydrogens is 316 g/mol. The van der Waals surface area contributed by atoms with Crippen LogP contribution in [0.2, 0.25) is 0 Å². The van der Waals surface area contributed by atoms with Crippen LogP contribution in [0.3, 0.4) is 0 Å². The van der Waals surface area contributed by atoms with Gasteiger partial charge in [-0.2, -0.15) is 5.26 Å². The van der Waals surface area contributed by atoms with E-state index in [1.807, 2.05) is 35.7 Å². The van der Waals surface area contributed by atoms with Crippen LogP contribution in [0.25, 0.3) is 10.1 Å². The lowest BCUT2D eigenvalue weighted by Gasteiger charge is -2.06. The van der Waals surface area contributed by atoms with Gasteiger partial charge in [-0.1, -0.05) is 18.2 Å². The van der Waals surface area contributed by atoms with E-state index in [9.17, 15) is 8.42 Å². The molecule has 0 aliphatic carbocycles. The second kappa shape index (κ2) is 5.89. The van der Waals surface area contributed by atoms with Gasteiger partial charge in [0.25, 0.3) is 0 Å². The summed E-state index contributed by atoms with van der Waals surface area (Å²) in [4.78, 5) is 0.158. The van der Waals surface area contributed by atoms with Gasteiger partial charge in [-0.05, 0) is 46.7 Å². The molecule has 0 atom stereocenters. The normalized spacial score (nSPS) is 11.4. The lowest BCUT2D eigenvalue weighted by molar-refractivity contribution is 0.581. The van der Waals surface area contributed by atoms with Gasteiger partial charge in [0.15, 0.2) is 0 Å². The molecule has 0 saturated heterocycles. The van der Waals surface area contributed by atoms with Crippen LogP contribution in [0.5, 0.6) is 0 Å². The molecular formula is C16H12N2O2S2. The SMILES string of the molecule is N#Cc1ccc(S(=O)(=O)NCc2csc3ccccc23)cc1. The Morgan fingerprint density at radius 2 is 1.82 bits per heavy atom. The van der Waals surface area contributed by atoms with E-state index < -0.39 is 10.0 Å². The third-order valence-electron chi connectivity index (χ3n) is 3.31. The fraction of sp³-hybridized carbons (Fsp3) is 0.0625. The predicted octanol–water partition coefficient (Wildman–Crippen LogP) is 3.25. The van der Waals surface area contributed by atoms with Crippen LogP contribution >= 0.6 is 11.3 Å². The largest absolute Gasteiger partial charge is 0.240 e. The molecule has 110 valence electrons. The van der Waals surface area contributed by atoms with Gasteiger partial charge in [0, 0.05) is 11.2 Å². The summed E-state index contributed by atoms with van der Waals surface area (Å²) < 4.78 is 28.3. The van der Waals surface area contributed by atoms with E-state index in [-0.39, 0.29) is 11.4 Å². The number of sulfonamides is 1. The number of thiophene rings is 1. The quantitative estimate of drug-likeness (QED) is 0.799. The monoisotopic (exact) mass is 328 g/mol. The summed E-state index contributed by atoms with van der Waals surface area (Å²) in [7, 11) is -3.58. The van der Waals surface area contributed by atoms with Gasteiger partial charge in [0.05, 0.1) is 16.5 Å². The van der Waals surface area contributed by atoms with Gasteiger partial charge in [-0.15, -0.1) is 11.3 Å². The third-order valence-corrected chi connectivity index (χ3v) is 5.74. The van der Waals surface area contributed by atoms with Gasteiger partial charge < -0.3 is 0 Å². The Hall–Kier alpha value is -2.20. The van der Waals surface area contributed by atoms with E-state index in [2.05, 4.69) is 4.72 Å². The van der Waals surface area contributed by atoms with Crippen molar-refractivity contribution in [2.75, 3.05) is 0 Å². The number of nitriles is 1. The summed E-state index contributed by atoms with van der Waals surface area (Å²) in [5, 5.41) is 11.8. The van der Waals surface area contributed by atoms with Crippen molar-refractivity contribution in [2.24, 2.45) is 0 Å². The Morgan fingerprint density at radius 3 is 2.55 bits per heavy atom. The molecule has 0 radical (unpaired) electrons. The van der Waals surface area contributed by atoms with Crippen molar-refractivity contribution in [3.05, 3.63) is 65.0 Å². The molecule has 2 aromatic carbocycles. The second-order valence-electron chi connectivity index (χ2n) is 4.72. The second-order valence-corrected chi connectivity index (χ2v) is 7.40. The van der Waals surface area contributed by atoms with Crippen molar-refractivity contribution in [3.63, 3.8) is 0 Å². The fourth-order valence-corrected chi connectivity index (χ4v) is 4.10. The fourth-order valence-electron chi connectivity index (χ4n) is 2.13. The zero-order valence-electron chi connectivity index (χ0n) is 11.5. The Bertz CT molecular complexity index is 952. The lowest BCUT2D eigenvalue weighted by atomic mass is 10.2. The number of hydrogen-bond acceptors (Lipinski definition) is 4. The molecule has 3 rings (SSSR count). The number of benzene rings is 2. The minimum Gasteiger partial charge on any atom is -0.207 e. The molecule has 0 aliphatic heterocycles. The van der Waals surface area contributed by atoms with Gasteiger partial charge in [0.2, 0.25) is 10.0 Å². The van der Waals surface area contributed by atoms with Gasteiger partial charge >= 0.3 is 0 Å². The van der Waals surface area contributed by atoms with E-state index in [4.69, 9.17) is 5.26 Å². The van der Waals surface area contributed by atoms with Crippen molar-refractivity contribution in [1.29, 1.82) is 5.26 Å². The first-order chi connectivity index (χ1) is 10.6. The first kappa shape index (κ1) is 14.7. The molecule has 4 nitrogen and oxygen atoms in total. The summed E-state index contributed by atoms with van der Waals surface area (Å²) in [5.74, 6) is 0. The van der Waals surface area contributed by atoms with E-state index in [0.29, 0.717) is 5.56 Å². The lowest BCUT2D eigenvalue weighted by Crippen LogP contribution is -2.23. The highest BCUT2D eigenvalue weighted by Crippen LogP contribution is 2.25. The van der Waals surface area contributed by atoms with Gasteiger partial charge in [-0.3, -0.25) is 0 Å². The molecule has 0 saturated carbocycles. The maximum absolute atomic E-state index is 12.3. The number of nitrogens with one attached hydrogen (secondary N) is 1. The standard InChI is InChI=1S/C16H12N2O2S2/c17-9-12-5-7-14(8-6-12)22(19,20)18-10-13-11-21-16-4-2-1-3-15(13)16/h1-8,11,18H,10H2. The average molecular weight is 328 g/mol. The highest BCUT2D eigenvalue weighted by molar-refractivity contribution is 7.89. The third kappa shape index (κ3) is 2.88. The maximum Gasteiger partial charge on any atom is 0.240 e. The van der Waals surface area contributed by atoms with Crippen molar-refractivity contribution in [2.45, 2.75) is 11.4 Å². The van der Waals surface area contributed by atoms with Crippen molar-refractivity contribution in [3.8, 4) is 6.07 Å². The summed E-state index contributed by atoms with van der Waals surface area (Å²) in [5.41, 5.74) is 1.39. The van der Waals surface area contributed by atoms with Crippen LogP contribution in [0.1, 0.15) is 11.1 Å². The predicted molar refractivity (Wildman–Crippen MR) is 87.0 cm³/mol. The van der Waals surface area contributed by atoms with Gasteiger partial charge in [-0.25, -0.2) is 13.1 Å². The Kier molecular flexibility index (Phi) is 3.94. The molecule has 0 spiro atoms. The molecule has 1 aromatic heterocycles. The molecule has 0 amide bonds. The van der Waals surface area contributed by atoms with Crippen LogP contribution < -0.4 is 4.72 Å². The van der Waals surface area contributed by atoms with E-state index in [1.54, 1.807) is 11.3 Å². The van der Waals surface area contributed by atoms with Crippen molar-refractivity contribution in [1.82, 2.24) is 4.72 Å². The molecule has 22 heavy (non-hydrogen) atoms. The highest BCUT2D eigenvalue weighted by Gasteiger charge is 2.14. The maximum atomic E-state index is 12.3. The summed E-state index contributed by atoms with van der Waals surface area (Å²) in [6.45, 7) is 0.242. The molecule has 0 aliphatic rings. The minimum atomic E-state index is -3.58. The minimum absolute atomic E-state index is 0.158. The van der Waals surface area contributed by atoms with Crippen LogP contribution in [0.4, 0.5) is 0 Å². The first-order valence-corrected chi connectivity index (χ1v) is 8.91. The van der Waals surface area contributed by atoms with Gasteiger partial charge in [0.1, 0.15) is 0 Å². The summed E-state index contributed by atoms with van der Waals surface area (Å²) in [6, 6.07) is 15.7. The van der Waals surface area contributed by atoms with E-state index in [0.717, 1.165) is 15.6 Å². The van der Waals surface area contributed by atoms with Crippen molar-refractivity contribution < 1.29 is 8.42 Å². The van der Waals surface area contributed by atoms with Crippen LogP contribution in [-0.4, -0.2) is 8.42 Å². The van der Waals surface area contributed by atoms with E-state index in [1.165, 1.54) is 24.3 Å². The van der Waals surface area contributed by atoms with Crippen LogP contribution in [0.15, 0.2) is 58.8 Å². The van der Waals surface area contributed by atoms with E-state index >= 15 is 0 Å². The molecule has 0 bridgehead atoms. The number of fused-ring (bicyclic) bond motifs is 1. The molecule has 0 fully saturated rings. The highest BCUT2D eigenvalue weighted by atomic mass is 32.2. The molecule has 0 unspecified atom stereocenters. The zero-order chi connectivity index (χ0) is 15.6. The Morgan fingerprint density at radius 1 is 1.09 bits per heavy atom. The zero-order valence-corrected chi connectivity index (χ0v) is 13.1. The topological polar surface area (TPSA) is 70.0 Å². The first-order valence-electron chi connectivity index (χ1n) is 6.55. The molecule has 1 heterocycles. The summed E-state index contributed by atoms with van der Waals surface area (Å²) >= 11 is 1.59. The van der Waals surface area contributed by atoms with Crippen LogP contribution in [0, 0.1) is 11.3 Å². The molecule has 1 N–H and O–H groups in total. The van der Waals surface area contributed by atoms with Crippen LogP contribution in [-0.2, 0) is 16.6 Å². The van der Waals surface area contributed by atoms with Crippen molar-refractivity contribution >= 4 is 31.4 Å². The number of hydrogen-bond donors (Lipinski definition) is 1. The molecule has 3 aromatic rings. The Balaban J connectivity index is 1.81. The molecule has 6 heteroatoms. The average Bonchev–Trinajstić information content (AvgIpc) is 2.96. The Labute approximate surface area is 132 Å². The number of rotatable bonds is 4. The smallest absolute Gasteiger partial charge is 0.207 e. The summed E-state index contributed by atoms with van der Waals surface area (Å²) in [6.07, 6.45) is 0.